The molecule has 0 bridgehead atoms. The third-order valence-electron chi connectivity index (χ3n) is 4.29. The standard InChI is InChI=1S/C21H23NO4/c1-24-11-10-22(14-16-6-4-3-5-7-16)15-17-12-21(23)26-20-13-18(25-2)8-9-19(17)20/h3-9,12-13H,10-11,14-15H2,1-2H3. The average molecular weight is 353 g/mol. The fourth-order valence-corrected chi connectivity index (χ4v) is 2.98. The highest BCUT2D eigenvalue weighted by Gasteiger charge is 2.12. The average Bonchev–Trinajstić information content (AvgIpc) is 2.66. The number of nitrogens with zero attached hydrogens (tertiary/aromatic N) is 1. The van der Waals surface area contributed by atoms with Gasteiger partial charge in [0, 0.05) is 44.3 Å². The first-order valence-electron chi connectivity index (χ1n) is 8.55. The van der Waals surface area contributed by atoms with E-state index in [-0.39, 0.29) is 5.63 Å². The van der Waals surface area contributed by atoms with Gasteiger partial charge in [0.2, 0.25) is 0 Å². The number of ether oxygens (including phenoxy) is 2. The molecule has 0 radical (unpaired) electrons. The molecule has 0 spiro atoms. The second-order valence-electron chi connectivity index (χ2n) is 6.14. The summed E-state index contributed by atoms with van der Waals surface area (Å²) in [4.78, 5) is 14.3. The molecule has 1 aromatic heterocycles. The van der Waals surface area contributed by atoms with Gasteiger partial charge in [-0.2, -0.15) is 0 Å². The monoisotopic (exact) mass is 353 g/mol. The molecule has 0 N–H and O–H groups in total. The summed E-state index contributed by atoms with van der Waals surface area (Å²) in [7, 11) is 3.29. The van der Waals surface area contributed by atoms with Gasteiger partial charge in [-0.05, 0) is 23.3 Å². The zero-order valence-corrected chi connectivity index (χ0v) is 15.1. The molecule has 0 aliphatic rings. The van der Waals surface area contributed by atoms with E-state index in [2.05, 4.69) is 17.0 Å². The minimum Gasteiger partial charge on any atom is -0.497 e. The highest BCUT2D eigenvalue weighted by Crippen LogP contribution is 2.23. The minimum atomic E-state index is -0.354. The van der Waals surface area contributed by atoms with Crippen LogP contribution in [0.25, 0.3) is 11.0 Å². The summed E-state index contributed by atoms with van der Waals surface area (Å²) in [6.07, 6.45) is 0. The quantitative estimate of drug-likeness (QED) is 0.581. The van der Waals surface area contributed by atoms with Gasteiger partial charge in [0.1, 0.15) is 11.3 Å². The molecule has 5 nitrogen and oxygen atoms in total. The Bertz CT molecular complexity index is 905. The second kappa shape index (κ2) is 8.65. The molecule has 0 saturated carbocycles. The van der Waals surface area contributed by atoms with Crippen molar-refractivity contribution in [1.82, 2.24) is 4.90 Å². The minimum absolute atomic E-state index is 0.354. The van der Waals surface area contributed by atoms with Gasteiger partial charge in [0.25, 0.3) is 0 Å². The van der Waals surface area contributed by atoms with Crippen LogP contribution in [0.1, 0.15) is 11.1 Å². The maximum Gasteiger partial charge on any atom is 0.336 e. The molecule has 0 atom stereocenters. The summed E-state index contributed by atoms with van der Waals surface area (Å²) in [5.74, 6) is 0.665. The molecule has 0 amide bonds. The Morgan fingerprint density at radius 3 is 2.54 bits per heavy atom. The summed E-state index contributed by atoms with van der Waals surface area (Å²) < 4.78 is 15.8. The van der Waals surface area contributed by atoms with E-state index < -0.39 is 0 Å². The lowest BCUT2D eigenvalue weighted by molar-refractivity contribution is 0.140. The van der Waals surface area contributed by atoms with Crippen molar-refractivity contribution < 1.29 is 13.9 Å². The molecule has 0 unspecified atom stereocenters. The number of methoxy groups -OCH3 is 2. The Kier molecular flexibility index (Phi) is 6.04. The van der Waals surface area contributed by atoms with E-state index >= 15 is 0 Å². The third-order valence-corrected chi connectivity index (χ3v) is 4.29. The van der Waals surface area contributed by atoms with Crippen molar-refractivity contribution in [1.29, 1.82) is 0 Å². The predicted molar refractivity (Wildman–Crippen MR) is 101 cm³/mol. The number of fused-ring (bicyclic) bond motifs is 1. The van der Waals surface area contributed by atoms with Gasteiger partial charge in [0.15, 0.2) is 0 Å². The topological polar surface area (TPSA) is 51.9 Å². The second-order valence-corrected chi connectivity index (χ2v) is 6.14. The summed E-state index contributed by atoms with van der Waals surface area (Å²) in [6.45, 7) is 2.80. The molecule has 5 heteroatoms. The molecule has 0 fully saturated rings. The Morgan fingerprint density at radius 1 is 1.00 bits per heavy atom. The molecule has 3 rings (SSSR count). The van der Waals surface area contributed by atoms with Crippen molar-refractivity contribution >= 4 is 11.0 Å². The van der Waals surface area contributed by atoms with Crippen molar-refractivity contribution in [3.8, 4) is 5.75 Å². The molecule has 1 heterocycles. The van der Waals surface area contributed by atoms with Crippen LogP contribution in [-0.4, -0.2) is 32.3 Å². The van der Waals surface area contributed by atoms with Gasteiger partial charge in [0.05, 0.1) is 13.7 Å². The van der Waals surface area contributed by atoms with E-state index in [0.29, 0.717) is 24.5 Å². The van der Waals surface area contributed by atoms with Crippen LogP contribution in [0, 0.1) is 0 Å². The summed E-state index contributed by atoms with van der Waals surface area (Å²) in [6, 6.07) is 17.4. The summed E-state index contributed by atoms with van der Waals surface area (Å²) >= 11 is 0. The van der Waals surface area contributed by atoms with Crippen molar-refractivity contribution in [3.63, 3.8) is 0 Å². The predicted octanol–water partition coefficient (Wildman–Crippen LogP) is 3.45. The van der Waals surface area contributed by atoms with E-state index in [9.17, 15) is 4.79 Å². The lowest BCUT2D eigenvalue weighted by Gasteiger charge is -2.22. The molecule has 2 aromatic carbocycles. The fourth-order valence-electron chi connectivity index (χ4n) is 2.98. The first kappa shape index (κ1) is 18.2. The lowest BCUT2D eigenvalue weighted by Crippen LogP contribution is -2.27. The zero-order valence-electron chi connectivity index (χ0n) is 15.1. The molecule has 136 valence electrons. The lowest BCUT2D eigenvalue weighted by atomic mass is 10.1. The Hall–Kier alpha value is -2.63. The number of rotatable bonds is 8. The first-order valence-corrected chi connectivity index (χ1v) is 8.55. The smallest absolute Gasteiger partial charge is 0.336 e. The van der Waals surface area contributed by atoms with Gasteiger partial charge in [-0.3, -0.25) is 4.90 Å². The molecule has 0 saturated heterocycles. The molecule has 0 aliphatic carbocycles. The highest BCUT2D eigenvalue weighted by atomic mass is 16.5. The molecular weight excluding hydrogens is 330 g/mol. The Balaban J connectivity index is 1.91. The van der Waals surface area contributed by atoms with E-state index in [4.69, 9.17) is 13.9 Å². The van der Waals surface area contributed by atoms with Gasteiger partial charge in [-0.15, -0.1) is 0 Å². The summed E-state index contributed by atoms with van der Waals surface area (Å²) in [5.41, 5.74) is 2.34. The first-order chi connectivity index (χ1) is 12.7. The van der Waals surface area contributed by atoms with Crippen molar-refractivity contribution in [2.24, 2.45) is 0 Å². The van der Waals surface area contributed by atoms with Gasteiger partial charge in [-0.25, -0.2) is 4.79 Å². The number of benzene rings is 2. The van der Waals surface area contributed by atoms with Crippen LogP contribution < -0.4 is 10.4 Å². The van der Waals surface area contributed by atoms with Crippen molar-refractivity contribution in [2.45, 2.75) is 13.1 Å². The van der Waals surface area contributed by atoms with Crippen LogP contribution in [0.15, 0.2) is 63.8 Å². The maximum absolute atomic E-state index is 12.0. The summed E-state index contributed by atoms with van der Waals surface area (Å²) in [5, 5.41) is 0.917. The number of hydrogen-bond donors (Lipinski definition) is 0. The van der Waals surface area contributed by atoms with Crippen LogP contribution in [0.2, 0.25) is 0 Å². The fraction of sp³-hybridized carbons (Fsp3) is 0.286. The van der Waals surface area contributed by atoms with E-state index in [1.54, 1.807) is 26.4 Å². The van der Waals surface area contributed by atoms with Crippen LogP contribution in [-0.2, 0) is 17.8 Å². The van der Waals surface area contributed by atoms with E-state index in [1.165, 1.54) is 5.56 Å². The molecular formula is C21H23NO4. The third kappa shape index (κ3) is 4.50. The van der Waals surface area contributed by atoms with Crippen molar-refractivity contribution in [3.05, 3.63) is 76.1 Å². The number of hydrogen-bond acceptors (Lipinski definition) is 5. The Morgan fingerprint density at radius 2 is 1.81 bits per heavy atom. The van der Waals surface area contributed by atoms with E-state index in [0.717, 1.165) is 24.0 Å². The van der Waals surface area contributed by atoms with Crippen LogP contribution in [0.4, 0.5) is 0 Å². The zero-order chi connectivity index (χ0) is 18.4. The highest BCUT2D eigenvalue weighted by molar-refractivity contribution is 5.81. The van der Waals surface area contributed by atoms with Gasteiger partial charge < -0.3 is 13.9 Å². The largest absolute Gasteiger partial charge is 0.497 e. The molecule has 3 aromatic rings. The SMILES string of the molecule is COCCN(Cc1ccccc1)Cc1cc(=O)oc2cc(OC)ccc12. The van der Waals surface area contributed by atoms with Gasteiger partial charge in [-0.1, -0.05) is 30.3 Å². The maximum atomic E-state index is 12.0. The normalized spacial score (nSPS) is 11.2. The molecule has 0 aliphatic heterocycles. The van der Waals surface area contributed by atoms with Crippen LogP contribution in [0.3, 0.4) is 0 Å². The Labute approximate surface area is 152 Å². The van der Waals surface area contributed by atoms with Crippen LogP contribution >= 0.6 is 0 Å². The van der Waals surface area contributed by atoms with Crippen molar-refractivity contribution in [2.75, 3.05) is 27.4 Å². The van der Waals surface area contributed by atoms with Gasteiger partial charge >= 0.3 is 5.63 Å². The molecule has 26 heavy (non-hydrogen) atoms. The van der Waals surface area contributed by atoms with Crippen LogP contribution in [0.5, 0.6) is 5.75 Å². The van der Waals surface area contributed by atoms with E-state index in [1.807, 2.05) is 30.3 Å².